The lowest BCUT2D eigenvalue weighted by molar-refractivity contribution is 0.102. The van der Waals surface area contributed by atoms with Crippen LogP contribution in [0.25, 0.3) is 16.9 Å². The molecule has 0 unspecified atom stereocenters. The minimum absolute atomic E-state index is 0.0797. The Hall–Kier alpha value is -3.84. The zero-order chi connectivity index (χ0) is 22.5. The first kappa shape index (κ1) is 21.4. The molecular formula is C25H22N4O2S. The zero-order valence-corrected chi connectivity index (χ0v) is 18.5. The van der Waals surface area contributed by atoms with Crippen molar-refractivity contribution >= 4 is 28.6 Å². The van der Waals surface area contributed by atoms with Gasteiger partial charge in [0, 0.05) is 36.4 Å². The van der Waals surface area contributed by atoms with Gasteiger partial charge in [-0.05, 0) is 42.1 Å². The predicted molar refractivity (Wildman–Crippen MR) is 128 cm³/mol. The van der Waals surface area contributed by atoms with E-state index in [0.717, 1.165) is 27.9 Å². The third-order valence-electron chi connectivity index (χ3n) is 4.69. The summed E-state index contributed by atoms with van der Waals surface area (Å²) in [7, 11) is 3.41. The molecule has 0 atom stereocenters. The van der Waals surface area contributed by atoms with Crippen LogP contribution in [0.4, 0.5) is 10.5 Å². The van der Waals surface area contributed by atoms with Crippen LogP contribution in [0.2, 0.25) is 0 Å². The second kappa shape index (κ2) is 9.53. The number of thioether (sulfide) groups is 1. The molecule has 0 radical (unpaired) electrons. The molecule has 1 heterocycles. The van der Waals surface area contributed by atoms with E-state index in [2.05, 4.69) is 5.32 Å². The summed E-state index contributed by atoms with van der Waals surface area (Å²) >= 11 is 1.11. The van der Waals surface area contributed by atoms with Crippen molar-refractivity contribution < 1.29 is 9.59 Å². The molecule has 1 aromatic heterocycles. The van der Waals surface area contributed by atoms with E-state index in [9.17, 15) is 9.59 Å². The Bertz CT molecular complexity index is 1240. The van der Waals surface area contributed by atoms with Gasteiger partial charge in [-0.25, -0.2) is 4.68 Å². The van der Waals surface area contributed by atoms with Crippen LogP contribution in [0.15, 0.2) is 96.0 Å². The number of para-hydroxylation sites is 1. The smallest absolute Gasteiger partial charge is 0.285 e. The molecule has 0 aliphatic rings. The van der Waals surface area contributed by atoms with Gasteiger partial charge in [-0.15, -0.1) is 0 Å². The molecule has 0 aliphatic carbocycles. The Balaban J connectivity index is 1.65. The topological polar surface area (TPSA) is 67.2 Å². The van der Waals surface area contributed by atoms with Crippen molar-refractivity contribution in [3.63, 3.8) is 0 Å². The lowest BCUT2D eigenvalue weighted by Crippen LogP contribution is -2.16. The standard InChI is InChI=1S/C25H22N4O2S/c1-28(2)25(31)32-21-15-9-12-19(16-21)26-24(30)22-17-29(20-13-7-4-8-14-20)27-23(22)18-10-5-3-6-11-18/h3-17H,1-2H3,(H,26,30). The fraction of sp³-hybridized carbons (Fsp3) is 0.0800. The number of aromatic nitrogens is 2. The first-order valence-electron chi connectivity index (χ1n) is 10.0. The maximum Gasteiger partial charge on any atom is 0.285 e. The molecule has 0 saturated heterocycles. The van der Waals surface area contributed by atoms with E-state index in [1.54, 1.807) is 37.1 Å². The van der Waals surface area contributed by atoms with E-state index >= 15 is 0 Å². The van der Waals surface area contributed by atoms with E-state index in [-0.39, 0.29) is 11.1 Å². The van der Waals surface area contributed by atoms with Crippen molar-refractivity contribution in [1.82, 2.24) is 14.7 Å². The maximum absolute atomic E-state index is 13.2. The van der Waals surface area contributed by atoms with Crippen molar-refractivity contribution in [2.45, 2.75) is 4.90 Å². The normalized spacial score (nSPS) is 10.6. The molecule has 0 saturated carbocycles. The van der Waals surface area contributed by atoms with Gasteiger partial charge in [-0.1, -0.05) is 54.6 Å². The average Bonchev–Trinajstić information content (AvgIpc) is 3.26. The van der Waals surface area contributed by atoms with E-state index in [0.29, 0.717) is 16.9 Å². The Morgan fingerprint density at radius 2 is 1.59 bits per heavy atom. The second-order valence-electron chi connectivity index (χ2n) is 7.28. The summed E-state index contributed by atoms with van der Waals surface area (Å²) in [5.74, 6) is -0.271. The summed E-state index contributed by atoms with van der Waals surface area (Å²) < 4.78 is 1.71. The summed E-state index contributed by atoms with van der Waals surface area (Å²) in [5.41, 5.74) is 3.39. The number of hydrogen-bond donors (Lipinski definition) is 1. The number of hydrogen-bond acceptors (Lipinski definition) is 4. The number of rotatable bonds is 5. The SMILES string of the molecule is CN(C)C(=O)Sc1cccc(NC(=O)c2cn(-c3ccccc3)nc2-c2ccccc2)c1. The third kappa shape index (κ3) is 4.90. The monoisotopic (exact) mass is 442 g/mol. The molecule has 4 aromatic rings. The summed E-state index contributed by atoms with van der Waals surface area (Å²) in [5, 5.41) is 7.56. The zero-order valence-electron chi connectivity index (χ0n) is 17.7. The number of amides is 2. The van der Waals surface area contributed by atoms with Gasteiger partial charge in [0.15, 0.2) is 0 Å². The quantitative estimate of drug-likeness (QED) is 0.411. The number of carbonyl (C=O) groups excluding carboxylic acids is 2. The predicted octanol–water partition coefficient (Wildman–Crippen LogP) is 5.57. The maximum atomic E-state index is 13.2. The van der Waals surface area contributed by atoms with Crippen molar-refractivity contribution in [3.8, 4) is 16.9 Å². The molecule has 160 valence electrons. The molecule has 7 heteroatoms. The Morgan fingerprint density at radius 1 is 0.906 bits per heavy atom. The molecule has 1 N–H and O–H groups in total. The Morgan fingerprint density at radius 3 is 2.28 bits per heavy atom. The van der Waals surface area contributed by atoms with Crippen LogP contribution < -0.4 is 5.32 Å². The van der Waals surface area contributed by atoms with Crippen LogP contribution in [-0.2, 0) is 0 Å². The number of benzene rings is 3. The largest absolute Gasteiger partial charge is 0.339 e. The van der Waals surface area contributed by atoms with Gasteiger partial charge in [-0.3, -0.25) is 9.59 Å². The fourth-order valence-electron chi connectivity index (χ4n) is 3.09. The molecule has 0 spiro atoms. The molecule has 32 heavy (non-hydrogen) atoms. The summed E-state index contributed by atoms with van der Waals surface area (Å²) in [6.45, 7) is 0. The highest BCUT2D eigenvalue weighted by Gasteiger charge is 2.19. The van der Waals surface area contributed by atoms with Crippen molar-refractivity contribution in [2.24, 2.45) is 0 Å². The molecular weight excluding hydrogens is 420 g/mol. The minimum atomic E-state index is -0.271. The Kier molecular flexibility index (Phi) is 6.37. The Labute approximate surface area is 190 Å². The van der Waals surface area contributed by atoms with E-state index < -0.39 is 0 Å². The van der Waals surface area contributed by atoms with Crippen LogP contribution >= 0.6 is 11.8 Å². The molecule has 0 aliphatic heterocycles. The number of nitrogens with one attached hydrogen (secondary N) is 1. The summed E-state index contributed by atoms with van der Waals surface area (Å²) in [4.78, 5) is 27.5. The van der Waals surface area contributed by atoms with Crippen LogP contribution in [0.1, 0.15) is 10.4 Å². The van der Waals surface area contributed by atoms with Gasteiger partial charge in [0.25, 0.3) is 11.1 Å². The minimum Gasteiger partial charge on any atom is -0.339 e. The molecule has 0 fully saturated rings. The van der Waals surface area contributed by atoms with Gasteiger partial charge < -0.3 is 10.2 Å². The summed E-state index contributed by atoms with van der Waals surface area (Å²) in [6.07, 6.45) is 1.74. The van der Waals surface area contributed by atoms with Gasteiger partial charge >= 0.3 is 0 Å². The molecule has 4 rings (SSSR count). The molecule has 2 amide bonds. The second-order valence-corrected chi connectivity index (χ2v) is 8.31. The fourth-order valence-corrected chi connectivity index (χ4v) is 3.81. The lowest BCUT2D eigenvalue weighted by Gasteiger charge is -2.10. The highest BCUT2D eigenvalue weighted by molar-refractivity contribution is 8.13. The van der Waals surface area contributed by atoms with Gasteiger partial charge in [0.1, 0.15) is 5.69 Å². The molecule has 6 nitrogen and oxygen atoms in total. The number of nitrogens with zero attached hydrogens (tertiary/aromatic N) is 3. The van der Waals surface area contributed by atoms with E-state index in [4.69, 9.17) is 5.10 Å². The molecule has 3 aromatic carbocycles. The highest BCUT2D eigenvalue weighted by atomic mass is 32.2. The first-order valence-corrected chi connectivity index (χ1v) is 10.8. The van der Waals surface area contributed by atoms with Crippen molar-refractivity contribution in [2.75, 3.05) is 19.4 Å². The first-order chi connectivity index (χ1) is 15.5. The lowest BCUT2D eigenvalue weighted by atomic mass is 10.1. The van der Waals surface area contributed by atoms with E-state index in [1.165, 1.54) is 4.90 Å². The van der Waals surface area contributed by atoms with E-state index in [1.807, 2.05) is 72.8 Å². The van der Waals surface area contributed by atoms with Crippen molar-refractivity contribution in [3.05, 3.63) is 96.7 Å². The summed E-state index contributed by atoms with van der Waals surface area (Å²) in [6, 6.07) is 26.5. The molecule has 0 bridgehead atoms. The van der Waals surface area contributed by atoms with Gasteiger partial charge in [0.05, 0.1) is 11.3 Å². The third-order valence-corrected chi connectivity index (χ3v) is 5.72. The highest BCUT2D eigenvalue weighted by Crippen LogP contribution is 2.27. The average molecular weight is 443 g/mol. The van der Waals surface area contributed by atoms with Crippen LogP contribution in [0.5, 0.6) is 0 Å². The van der Waals surface area contributed by atoms with Crippen molar-refractivity contribution in [1.29, 1.82) is 0 Å². The van der Waals surface area contributed by atoms with Crippen LogP contribution in [0.3, 0.4) is 0 Å². The number of carbonyl (C=O) groups is 2. The van der Waals surface area contributed by atoms with Crippen LogP contribution in [-0.4, -0.2) is 39.9 Å². The number of anilines is 1. The van der Waals surface area contributed by atoms with Gasteiger partial charge in [0.2, 0.25) is 0 Å². The van der Waals surface area contributed by atoms with Crippen LogP contribution in [0, 0.1) is 0 Å². The van der Waals surface area contributed by atoms with Gasteiger partial charge in [-0.2, -0.15) is 5.10 Å².